The lowest BCUT2D eigenvalue weighted by Gasteiger charge is -2.09. The fourth-order valence-corrected chi connectivity index (χ4v) is 1.94. The van der Waals surface area contributed by atoms with E-state index in [0.717, 1.165) is 0 Å². The number of hydrogen-bond donors (Lipinski definition) is 2. The van der Waals surface area contributed by atoms with E-state index in [-0.39, 0.29) is 10.7 Å². The Balaban J connectivity index is 2.28. The van der Waals surface area contributed by atoms with Gasteiger partial charge in [-0.05, 0) is 31.2 Å². The molecule has 2 aromatic rings. The Morgan fingerprint density at radius 1 is 1.33 bits per heavy atom. The quantitative estimate of drug-likeness (QED) is 0.908. The SMILES string of the molecule is CCNc1ccc(Cl)c(C(=O)Nc2ccccc2C#N)n1. The number of hydrogen-bond acceptors (Lipinski definition) is 4. The zero-order valence-corrected chi connectivity index (χ0v) is 12.1. The number of aromatic nitrogens is 1. The summed E-state index contributed by atoms with van der Waals surface area (Å²) in [6.45, 7) is 2.62. The Hall–Kier alpha value is -2.58. The molecule has 0 saturated carbocycles. The number of anilines is 2. The molecule has 1 aromatic heterocycles. The van der Waals surface area contributed by atoms with E-state index in [9.17, 15) is 4.79 Å². The maximum atomic E-state index is 12.3. The summed E-state index contributed by atoms with van der Waals surface area (Å²) in [7, 11) is 0. The first-order valence-electron chi connectivity index (χ1n) is 6.36. The third-order valence-corrected chi connectivity index (χ3v) is 3.02. The summed E-state index contributed by atoms with van der Waals surface area (Å²) in [5.74, 6) is 0.114. The summed E-state index contributed by atoms with van der Waals surface area (Å²) in [5, 5.41) is 14.9. The summed E-state index contributed by atoms with van der Waals surface area (Å²) in [4.78, 5) is 16.4. The number of carbonyl (C=O) groups excluding carboxylic acids is 1. The van der Waals surface area contributed by atoms with E-state index >= 15 is 0 Å². The average Bonchev–Trinajstić information content (AvgIpc) is 2.50. The zero-order chi connectivity index (χ0) is 15.2. The van der Waals surface area contributed by atoms with E-state index in [2.05, 4.69) is 15.6 Å². The maximum absolute atomic E-state index is 12.3. The lowest BCUT2D eigenvalue weighted by molar-refractivity contribution is 0.102. The number of nitriles is 1. The normalized spacial score (nSPS) is 9.76. The van der Waals surface area contributed by atoms with Crippen molar-refractivity contribution in [2.45, 2.75) is 6.92 Å². The molecule has 2 N–H and O–H groups in total. The summed E-state index contributed by atoms with van der Waals surface area (Å²) in [6.07, 6.45) is 0. The van der Waals surface area contributed by atoms with Crippen LogP contribution < -0.4 is 10.6 Å². The van der Waals surface area contributed by atoms with E-state index < -0.39 is 5.91 Å². The third-order valence-electron chi connectivity index (χ3n) is 2.71. The molecular formula is C15H13ClN4O. The van der Waals surface area contributed by atoms with Gasteiger partial charge in [0.1, 0.15) is 17.6 Å². The molecule has 2 rings (SSSR count). The van der Waals surface area contributed by atoms with E-state index in [0.29, 0.717) is 23.6 Å². The van der Waals surface area contributed by atoms with Crippen molar-refractivity contribution in [1.82, 2.24) is 4.98 Å². The van der Waals surface area contributed by atoms with Gasteiger partial charge in [-0.1, -0.05) is 23.7 Å². The van der Waals surface area contributed by atoms with Gasteiger partial charge in [-0.3, -0.25) is 4.79 Å². The van der Waals surface area contributed by atoms with Crippen molar-refractivity contribution in [1.29, 1.82) is 5.26 Å². The molecule has 0 aliphatic rings. The number of carbonyl (C=O) groups is 1. The smallest absolute Gasteiger partial charge is 0.275 e. The van der Waals surface area contributed by atoms with E-state index in [1.165, 1.54) is 0 Å². The van der Waals surface area contributed by atoms with Crippen molar-refractivity contribution < 1.29 is 4.79 Å². The number of pyridine rings is 1. The van der Waals surface area contributed by atoms with E-state index in [4.69, 9.17) is 16.9 Å². The molecule has 0 saturated heterocycles. The van der Waals surface area contributed by atoms with Crippen LogP contribution in [0.3, 0.4) is 0 Å². The van der Waals surface area contributed by atoms with Gasteiger partial charge < -0.3 is 10.6 Å². The molecule has 0 bridgehead atoms. The molecular weight excluding hydrogens is 288 g/mol. The zero-order valence-electron chi connectivity index (χ0n) is 11.4. The Morgan fingerprint density at radius 2 is 2.10 bits per heavy atom. The van der Waals surface area contributed by atoms with Gasteiger partial charge in [-0.25, -0.2) is 4.98 Å². The Kier molecular flexibility index (Phi) is 4.75. The number of nitrogens with zero attached hydrogens (tertiary/aromatic N) is 2. The largest absolute Gasteiger partial charge is 0.370 e. The molecule has 0 aliphatic carbocycles. The molecule has 1 aromatic carbocycles. The molecule has 0 aliphatic heterocycles. The standard InChI is InChI=1S/C15H13ClN4O/c1-2-18-13-8-7-11(16)14(20-13)15(21)19-12-6-4-3-5-10(12)9-17/h3-8H,2H2,1H3,(H,18,20)(H,19,21). The minimum atomic E-state index is -0.456. The van der Waals surface area contributed by atoms with Crippen LogP contribution in [0.1, 0.15) is 23.0 Å². The van der Waals surface area contributed by atoms with Crippen molar-refractivity contribution >= 4 is 29.0 Å². The number of para-hydroxylation sites is 1. The predicted octanol–water partition coefficient (Wildman–Crippen LogP) is 3.29. The first-order valence-corrected chi connectivity index (χ1v) is 6.74. The number of benzene rings is 1. The molecule has 1 amide bonds. The van der Waals surface area contributed by atoms with Gasteiger partial charge in [0.15, 0.2) is 0 Å². The second kappa shape index (κ2) is 6.73. The van der Waals surface area contributed by atoms with Crippen molar-refractivity contribution in [3.63, 3.8) is 0 Å². The molecule has 0 unspecified atom stereocenters. The van der Waals surface area contributed by atoms with Crippen LogP contribution in [0.5, 0.6) is 0 Å². The average molecular weight is 301 g/mol. The Bertz CT molecular complexity index is 709. The van der Waals surface area contributed by atoms with Gasteiger partial charge in [0.25, 0.3) is 5.91 Å². The highest BCUT2D eigenvalue weighted by atomic mass is 35.5. The van der Waals surface area contributed by atoms with Crippen LogP contribution in [-0.4, -0.2) is 17.4 Å². The summed E-state index contributed by atoms with van der Waals surface area (Å²) < 4.78 is 0. The number of amides is 1. The molecule has 106 valence electrons. The molecule has 0 fully saturated rings. The molecule has 21 heavy (non-hydrogen) atoms. The van der Waals surface area contributed by atoms with Crippen molar-refractivity contribution in [2.75, 3.05) is 17.2 Å². The fraction of sp³-hybridized carbons (Fsp3) is 0.133. The number of nitrogens with one attached hydrogen (secondary N) is 2. The van der Waals surface area contributed by atoms with Crippen LogP contribution in [0.4, 0.5) is 11.5 Å². The predicted molar refractivity (Wildman–Crippen MR) is 82.5 cm³/mol. The Morgan fingerprint density at radius 3 is 2.81 bits per heavy atom. The highest BCUT2D eigenvalue weighted by molar-refractivity contribution is 6.34. The molecule has 6 heteroatoms. The summed E-state index contributed by atoms with van der Waals surface area (Å²) in [5.41, 5.74) is 0.921. The van der Waals surface area contributed by atoms with Crippen LogP contribution in [0, 0.1) is 11.3 Å². The molecule has 0 radical (unpaired) electrons. The van der Waals surface area contributed by atoms with Gasteiger partial charge in [-0.15, -0.1) is 0 Å². The van der Waals surface area contributed by atoms with Gasteiger partial charge in [0.05, 0.1) is 16.3 Å². The highest BCUT2D eigenvalue weighted by Crippen LogP contribution is 2.20. The first-order chi connectivity index (χ1) is 10.2. The monoisotopic (exact) mass is 300 g/mol. The molecule has 5 nitrogen and oxygen atoms in total. The van der Waals surface area contributed by atoms with E-state index in [1.807, 2.05) is 13.0 Å². The van der Waals surface area contributed by atoms with Crippen LogP contribution >= 0.6 is 11.6 Å². The van der Waals surface area contributed by atoms with Crippen molar-refractivity contribution in [3.05, 3.63) is 52.7 Å². The maximum Gasteiger partial charge on any atom is 0.275 e. The van der Waals surface area contributed by atoms with Crippen molar-refractivity contribution in [2.24, 2.45) is 0 Å². The second-order valence-corrected chi connectivity index (χ2v) is 4.58. The van der Waals surface area contributed by atoms with Crippen LogP contribution in [-0.2, 0) is 0 Å². The Labute approximate surface area is 127 Å². The fourth-order valence-electron chi connectivity index (χ4n) is 1.75. The second-order valence-electron chi connectivity index (χ2n) is 4.17. The summed E-state index contributed by atoms with van der Waals surface area (Å²) >= 11 is 6.02. The number of halogens is 1. The minimum Gasteiger partial charge on any atom is -0.370 e. The lowest BCUT2D eigenvalue weighted by atomic mass is 10.2. The number of rotatable bonds is 4. The molecule has 0 atom stereocenters. The molecule has 0 spiro atoms. The van der Waals surface area contributed by atoms with Gasteiger partial charge >= 0.3 is 0 Å². The van der Waals surface area contributed by atoms with Gasteiger partial charge in [-0.2, -0.15) is 5.26 Å². The minimum absolute atomic E-state index is 0.114. The topological polar surface area (TPSA) is 77.8 Å². The molecule has 1 heterocycles. The van der Waals surface area contributed by atoms with E-state index in [1.54, 1.807) is 36.4 Å². The summed E-state index contributed by atoms with van der Waals surface area (Å²) in [6, 6.07) is 12.1. The van der Waals surface area contributed by atoms with Crippen LogP contribution in [0.15, 0.2) is 36.4 Å². The highest BCUT2D eigenvalue weighted by Gasteiger charge is 2.14. The van der Waals surface area contributed by atoms with Crippen LogP contribution in [0.25, 0.3) is 0 Å². The third kappa shape index (κ3) is 3.50. The van der Waals surface area contributed by atoms with Gasteiger partial charge in [0.2, 0.25) is 0 Å². The van der Waals surface area contributed by atoms with Crippen LogP contribution in [0.2, 0.25) is 5.02 Å². The first kappa shape index (κ1) is 14.8. The lowest BCUT2D eigenvalue weighted by Crippen LogP contribution is -2.16. The van der Waals surface area contributed by atoms with Crippen molar-refractivity contribution in [3.8, 4) is 6.07 Å². The van der Waals surface area contributed by atoms with Gasteiger partial charge in [0, 0.05) is 6.54 Å².